The number of anilines is 1. The van der Waals surface area contributed by atoms with Crippen LogP contribution < -0.4 is 5.32 Å². The number of aryl methyl sites for hydroxylation is 1. The number of amides is 2. The number of benzene rings is 1. The van der Waals surface area contributed by atoms with Gasteiger partial charge in [0.25, 0.3) is 0 Å². The van der Waals surface area contributed by atoms with Crippen LogP contribution >= 0.6 is 0 Å². The molecule has 5 heteroatoms. The average Bonchev–Trinajstić information content (AvgIpc) is 2.56. The second-order valence-corrected chi connectivity index (χ2v) is 7.61. The summed E-state index contributed by atoms with van der Waals surface area (Å²) < 4.78 is 0. The summed E-state index contributed by atoms with van der Waals surface area (Å²) in [5.74, 6) is 0.392. The fraction of sp³-hybridized carbons (Fsp3) is 0.650. The molecule has 1 aromatic rings. The normalized spacial score (nSPS) is 15.9. The smallest absolute Gasteiger partial charge is 0.321 e. The van der Waals surface area contributed by atoms with Crippen molar-refractivity contribution in [1.29, 1.82) is 0 Å². The van der Waals surface area contributed by atoms with E-state index in [1.807, 2.05) is 4.90 Å². The third kappa shape index (κ3) is 5.72. The van der Waals surface area contributed by atoms with E-state index in [0.29, 0.717) is 5.92 Å². The molecular weight excluding hydrogens is 312 g/mol. The highest BCUT2D eigenvalue weighted by Crippen LogP contribution is 2.27. The summed E-state index contributed by atoms with van der Waals surface area (Å²) in [5, 5.41) is 3.16. The van der Waals surface area contributed by atoms with E-state index in [9.17, 15) is 4.79 Å². The number of hydrogen-bond acceptors (Lipinski definition) is 3. The lowest BCUT2D eigenvalue weighted by Gasteiger charge is -2.35. The molecule has 0 atom stereocenters. The van der Waals surface area contributed by atoms with E-state index < -0.39 is 0 Å². The van der Waals surface area contributed by atoms with Gasteiger partial charge in [0.15, 0.2) is 0 Å². The second kappa shape index (κ2) is 9.20. The molecule has 2 rings (SSSR count). The van der Waals surface area contributed by atoms with Crippen LogP contribution in [0.4, 0.5) is 10.5 Å². The Balaban J connectivity index is 1.87. The van der Waals surface area contributed by atoms with Crippen LogP contribution in [0.3, 0.4) is 0 Å². The quantitative estimate of drug-likeness (QED) is 0.859. The molecule has 1 N–H and O–H groups in total. The van der Waals surface area contributed by atoms with E-state index in [-0.39, 0.29) is 6.03 Å². The second-order valence-electron chi connectivity index (χ2n) is 7.61. The first-order valence-electron chi connectivity index (χ1n) is 9.41. The zero-order chi connectivity index (χ0) is 18.4. The highest BCUT2D eigenvalue weighted by atomic mass is 16.2. The van der Waals surface area contributed by atoms with Crippen molar-refractivity contribution in [2.45, 2.75) is 33.1 Å². The lowest BCUT2D eigenvalue weighted by Crippen LogP contribution is -2.50. The first-order valence-corrected chi connectivity index (χ1v) is 9.41. The van der Waals surface area contributed by atoms with Crippen LogP contribution in [-0.2, 0) is 0 Å². The van der Waals surface area contributed by atoms with Crippen LogP contribution in [0.2, 0.25) is 0 Å². The van der Waals surface area contributed by atoms with Gasteiger partial charge in [0, 0.05) is 31.9 Å². The van der Waals surface area contributed by atoms with Crippen molar-refractivity contribution in [3.63, 3.8) is 0 Å². The van der Waals surface area contributed by atoms with Crippen molar-refractivity contribution in [3.8, 4) is 0 Å². The number of piperazine rings is 1. The van der Waals surface area contributed by atoms with Crippen molar-refractivity contribution in [3.05, 3.63) is 29.3 Å². The lowest BCUT2D eigenvalue weighted by atomic mass is 9.98. The van der Waals surface area contributed by atoms with Gasteiger partial charge in [0.1, 0.15) is 0 Å². The van der Waals surface area contributed by atoms with Crippen molar-refractivity contribution in [2.75, 3.05) is 58.7 Å². The summed E-state index contributed by atoms with van der Waals surface area (Å²) >= 11 is 0. The van der Waals surface area contributed by atoms with E-state index in [2.05, 4.69) is 68.2 Å². The SMILES string of the molecule is Cc1cccc(C(C)C)c1NC(=O)N1CCN(CCCN(C)C)CC1. The van der Waals surface area contributed by atoms with Gasteiger partial charge in [-0.15, -0.1) is 0 Å². The van der Waals surface area contributed by atoms with Crippen LogP contribution in [0.5, 0.6) is 0 Å². The van der Waals surface area contributed by atoms with Crippen molar-refractivity contribution < 1.29 is 4.79 Å². The van der Waals surface area contributed by atoms with Gasteiger partial charge in [-0.3, -0.25) is 4.90 Å². The molecule has 5 nitrogen and oxygen atoms in total. The van der Waals surface area contributed by atoms with Crippen molar-refractivity contribution in [2.24, 2.45) is 0 Å². The fourth-order valence-electron chi connectivity index (χ4n) is 3.31. The molecule has 1 fully saturated rings. The predicted octanol–water partition coefficient (Wildman–Crippen LogP) is 3.22. The van der Waals surface area contributed by atoms with E-state index >= 15 is 0 Å². The Kier molecular flexibility index (Phi) is 7.26. The minimum absolute atomic E-state index is 0.0316. The Bertz CT molecular complexity index is 563. The third-order valence-corrected chi connectivity index (χ3v) is 4.90. The molecule has 0 spiro atoms. The molecule has 1 saturated heterocycles. The van der Waals surface area contributed by atoms with E-state index in [1.165, 1.54) is 12.0 Å². The van der Waals surface area contributed by atoms with Crippen LogP contribution in [0, 0.1) is 6.92 Å². The van der Waals surface area contributed by atoms with Gasteiger partial charge in [-0.1, -0.05) is 32.0 Å². The largest absolute Gasteiger partial charge is 0.322 e. The monoisotopic (exact) mass is 346 g/mol. The van der Waals surface area contributed by atoms with Crippen molar-refractivity contribution >= 4 is 11.7 Å². The molecule has 0 saturated carbocycles. The van der Waals surface area contributed by atoms with Crippen molar-refractivity contribution in [1.82, 2.24) is 14.7 Å². The van der Waals surface area contributed by atoms with Gasteiger partial charge in [-0.05, 0) is 57.6 Å². The van der Waals surface area contributed by atoms with Gasteiger partial charge in [-0.25, -0.2) is 4.79 Å². The molecule has 0 radical (unpaired) electrons. The molecule has 1 aromatic carbocycles. The Morgan fingerprint density at radius 3 is 2.48 bits per heavy atom. The van der Waals surface area contributed by atoms with Gasteiger partial charge < -0.3 is 15.1 Å². The molecule has 0 aromatic heterocycles. The maximum atomic E-state index is 12.7. The van der Waals surface area contributed by atoms with Crippen LogP contribution in [-0.4, -0.2) is 74.1 Å². The van der Waals surface area contributed by atoms with E-state index in [0.717, 1.165) is 50.5 Å². The Morgan fingerprint density at radius 2 is 1.88 bits per heavy atom. The first kappa shape index (κ1) is 19.7. The van der Waals surface area contributed by atoms with Crippen LogP contribution in [0.25, 0.3) is 0 Å². The predicted molar refractivity (Wildman–Crippen MR) is 105 cm³/mol. The number of nitrogens with zero attached hydrogens (tertiary/aromatic N) is 3. The minimum Gasteiger partial charge on any atom is -0.322 e. The van der Waals surface area contributed by atoms with Gasteiger partial charge in [0.05, 0.1) is 0 Å². The van der Waals surface area contributed by atoms with E-state index in [4.69, 9.17) is 0 Å². The Labute approximate surface area is 153 Å². The topological polar surface area (TPSA) is 38.8 Å². The zero-order valence-corrected chi connectivity index (χ0v) is 16.5. The Morgan fingerprint density at radius 1 is 1.20 bits per heavy atom. The number of urea groups is 1. The molecule has 1 aliphatic heterocycles. The number of para-hydroxylation sites is 1. The molecule has 0 aliphatic carbocycles. The third-order valence-electron chi connectivity index (χ3n) is 4.90. The summed E-state index contributed by atoms with van der Waals surface area (Å²) in [5.41, 5.74) is 3.31. The maximum absolute atomic E-state index is 12.7. The van der Waals surface area contributed by atoms with Gasteiger partial charge >= 0.3 is 6.03 Å². The molecule has 0 bridgehead atoms. The molecule has 25 heavy (non-hydrogen) atoms. The average molecular weight is 347 g/mol. The highest BCUT2D eigenvalue weighted by molar-refractivity contribution is 5.91. The summed E-state index contributed by atoms with van der Waals surface area (Å²) in [6.45, 7) is 12.2. The van der Waals surface area contributed by atoms with Gasteiger partial charge in [0.2, 0.25) is 0 Å². The molecular formula is C20H34N4O. The fourth-order valence-corrected chi connectivity index (χ4v) is 3.31. The number of rotatable bonds is 6. The highest BCUT2D eigenvalue weighted by Gasteiger charge is 2.22. The zero-order valence-electron chi connectivity index (χ0n) is 16.5. The summed E-state index contributed by atoms with van der Waals surface area (Å²) in [6, 6.07) is 6.26. The molecule has 1 heterocycles. The van der Waals surface area contributed by atoms with Crippen LogP contribution in [0.15, 0.2) is 18.2 Å². The maximum Gasteiger partial charge on any atom is 0.321 e. The number of nitrogens with one attached hydrogen (secondary N) is 1. The lowest BCUT2D eigenvalue weighted by molar-refractivity contribution is 0.144. The summed E-state index contributed by atoms with van der Waals surface area (Å²) in [6.07, 6.45) is 1.18. The molecule has 0 unspecified atom stereocenters. The number of carbonyl (C=O) groups excluding carboxylic acids is 1. The molecule has 1 aliphatic rings. The number of hydrogen-bond donors (Lipinski definition) is 1. The molecule has 140 valence electrons. The van der Waals surface area contributed by atoms with E-state index in [1.54, 1.807) is 0 Å². The van der Waals surface area contributed by atoms with Crippen LogP contribution in [0.1, 0.15) is 37.3 Å². The first-order chi connectivity index (χ1) is 11.9. The summed E-state index contributed by atoms with van der Waals surface area (Å²) in [7, 11) is 4.22. The Hall–Kier alpha value is -1.59. The molecule has 2 amide bonds. The number of carbonyl (C=O) groups is 1. The van der Waals surface area contributed by atoms with Gasteiger partial charge in [-0.2, -0.15) is 0 Å². The minimum atomic E-state index is 0.0316. The summed E-state index contributed by atoms with van der Waals surface area (Å²) in [4.78, 5) is 19.3. The standard InChI is InChI=1S/C20H34N4O/c1-16(2)18-9-6-8-17(3)19(18)21-20(25)24-14-12-23(13-15-24)11-7-10-22(4)5/h6,8-9,16H,7,10-15H2,1-5H3,(H,21,25).